The highest BCUT2D eigenvalue weighted by molar-refractivity contribution is 7.57. The van der Waals surface area contributed by atoms with E-state index in [1.165, 1.54) is 64.2 Å². The van der Waals surface area contributed by atoms with E-state index >= 15 is 0 Å². The van der Waals surface area contributed by atoms with E-state index in [0.29, 0.717) is 10.8 Å². The average Bonchev–Trinajstić information content (AvgIpc) is 3.06. The Bertz CT molecular complexity index is 765. The lowest BCUT2D eigenvalue weighted by Crippen LogP contribution is -2.50. The van der Waals surface area contributed by atoms with Crippen LogP contribution in [0.15, 0.2) is 11.6 Å². The molecule has 3 heteroatoms. The fraction of sp³-hybridized carbons (Fsp3) is 0.933. The van der Waals surface area contributed by atoms with Crippen molar-refractivity contribution >= 4 is 7.37 Å². The molecule has 3 fully saturated rings. The molecule has 4 aliphatic carbocycles. The number of fused-ring (bicyclic) bond motifs is 5. The summed E-state index contributed by atoms with van der Waals surface area (Å²) < 4.78 is 18.3. The van der Waals surface area contributed by atoms with Gasteiger partial charge in [0.2, 0.25) is 0 Å². The predicted octanol–water partition coefficient (Wildman–Crippen LogP) is 9.34. The van der Waals surface area contributed by atoms with Crippen LogP contribution in [0.1, 0.15) is 112 Å². The van der Waals surface area contributed by atoms with Crippen LogP contribution in [0.25, 0.3) is 0 Å². The minimum Gasteiger partial charge on any atom is -0.325 e. The molecule has 0 aromatic rings. The molecule has 0 heterocycles. The third-order valence-corrected chi connectivity index (χ3v) is 12.1. The van der Waals surface area contributed by atoms with Gasteiger partial charge in [0.05, 0.1) is 6.10 Å². The molecular weight excluding hydrogens is 423 g/mol. The first-order valence-corrected chi connectivity index (χ1v) is 16.9. The molecule has 0 aromatic carbocycles. The smallest absolute Gasteiger partial charge is 0.197 e. The van der Waals surface area contributed by atoms with Crippen molar-refractivity contribution in [3.8, 4) is 0 Å². The van der Waals surface area contributed by atoms with E-state index in [1.807, 2.05) is 0 Å². The largest absolute Gasteiger partial charge is 0.325 e. The molecule has 0 aromatic heterocycles. The third-order valence-electron chi connectivity index (χ3n) is 11.3. The van der Waals surface area contributed by atoms with Gasteiger partial charge >= 0.3 is 0 Å². The minimum absolute atomic E-state index is 0.171. The van der Waals surface area contributed by atoms with Crippen molar-refractivity contribution in [2.75, 3.05) is 13.3 Å². The Morgan fingerprint density at radius 1 is 1.09 bits per heavy atom. The van der Waals surface area contributed by atoms with Crippen LogP contribution in [0, 0.1) is 46.3 Å². The highest BCUT2D eigenvalue weighted by atomic mass is 31.2. The van der Waals surface area contributed by atoms with Crippen LogP contribution in [0.4, 0.5) is 0 Å². The van der Waals surface area contributed by atoms with Gasteiger partial charge in [-0.25, -0.2) is 0 Å². The SMILES string of the molecule is CCC(CCCC1CCC2C3CC=C4CC(OP(C)(C)=O)CCC4(C)C3CCC12C)C(C)C. The zero-order valence-corrected chi connectivity index (χ0v) is 23.8. The van der Waals surface area contributed by atoms with Crippen molar-refractivity contribution in [3.63, 3.8) is 0 Å². The van der Waals surface area contributed by atoms with Crippen molar-refractivity contribution in [1.29, 1.82) is 0 Å². The number of allylic oxidation sites excluding steroid dienone is 1. The number of hydrogen-bond acceptors (Lipinski definition) is 2. The van der Waals surface area contributed by atoms with Crippen LogP contribution in [-0.2, 0) is 9.09 Å². The molecule has 0 aliphatic heterocycles. The van der Waals surface area contributed by atoms with Crippen LogP contribution >= 0.6 is 7.37 Å². The van der Waals surface area contributed by atoms with Gasteiger partial charge in [0, 0.05) is 13.3 Å². The molecule has 0 saturated heterocycles. The normalized spacial score (nSPS) is 41.8. The summed E-state index contributed by atoms with van der Waals surface area (Å²) in [5.41, 5.74) is 2.59. The molecule has 0 bridgehead atoms. The Kier molecular flexibility index (Phi) is 7.70. The van der Waals surface area contributed by atoms with Gasteiger partial charge in [-0.1, -0.05) is 65.5 Å². The Morgan fingerprint density at radius 3 is 2.52 bits per heavy atom. The van der Waals surface area contributed by atoms with Crippen LogP contribution in [0.3, 0.4) is 0 Å². The first-order valence-electron chi connectivity index (χ1n) is 14.4. The number of hydrogen-bond donors (Lipinski definition) is 0. The topological polar surface area (TPSA) is 26.3 Å². The summed E-state index contributed by atoms with van der Waals surface area (Å²) in [7, 11) is -2.41. The maximum absolute atomic E-state index is 12.3. The van der Waals surface area contributed by atoms with Crippen LogP contribution in [0.5, 0.6) is 0 Å². The van der Waals surface area contributed by atoms with Crippen molar-refractivity contribution in [2.45, 2.75) is 118 Å². The van der Waals surface area contributed by atoms with E-state index in [2.05, 4.69) is 40.7 Å². The van der Waals surface area contributed by atoms with Crippen LogP contribution < -0.4 is 0 Å². The Hall–Kier alpha value is -0.0700. The summed E-state index contributed by atoms with van der Waals surface area (Å²) in [5.74, 6) is 5.39. The van der Waals surface area contributed by atoms with Gasteiger partial charge in [-0.15, -0.1) is 0 Å². The highest BCUT2D eigenvalue weighted by Crippen LogP contribution is 2.67. The second-order valence-corrected chi connectivity index (χ2v) is 16.4. The molecule has 0 N–H and O–H groups in total. The molecule has 0 radical (unpaired) electrons. The zero-order valence-electron chi connectivity index (χ0n) is 22.9. The van der Waals surface area contributed by atoms with Crippen molar-refractivity contribution in [3.05, 3.63) is 11.6 Å². The zero-order chi connectivity index (χ0) is 24.0. The Balaban J connectivity index is 1.42. The summed E-state index contributed by atoms with van der Waals surface area (Å²) in [5, 5.41) is 0. The van der Waals surface area contributed by atoms with E-state index in [0.717, 1.165) is 48.3 Å². The van der Waals surface area contributed by atoms with Gasteiger partial charge in [-0.3, -0.25) is 4.57 Å². The molecule has 4 rings (SSSR count). The third kappa shape index (κ3) is 5.09. The molecule has 8 atom stereocenters. The van der Waals surface area contributed by atoms with E-state index in [-0.39, 0.29) is 6.10 Å². The van der Waals surface area contributed by atoms with Gasteiger partial charge in [-0.2, -0.15) is 0 Å². The van der Waals surface area contributed by atoms with Gasteiger partial charge in [-0.05, 0) is 104 Å². The minimum atomic E-state index is -2.41. The Morgan fingerprint density at radius 2 is 1.85 bits per heavy atom. The fourth-order valence-electron chi connectivity index (χ4n) is 9.29. The lowest BCUT2D eigenvalue weighted by molar-refractivity contribution is -0.0492. The fourth-order valence-corrected chi connectivity index (χ4v) is 10.2. The van der Waals surface area contributed by atoms with Crippen LogP contribution in [-0.4, -0.2) is 19.4 Å². The van der Waals surface area contributed by atoms with Gasteiger partial charge < -0.3 is 4.52 Å². The van der Waals surface area contributed by atoms with Gasteiger partial charge in [0.15, 0.2) is 7.37 Å². The molecule has 190 valence electrons. The monoisotopic (exact) mass is 476 g/mol. The van der Waals surface area contributed by atoms with Gasteiger partial charge in [0.25, 0.3) is 0 Å². The van der Waals surface area contributed by atoms with E-state index < -0.39 is 7.37 Å². The van der Waals surface area contributed by atoms with Crippen molar-refractivity contribution in [2.24, 2.45) is 46.3 Å². The van der Waals surface area contributed by atoms with Gasteiger partial charge in [0.1, 0.15) is 0 Å². The molecule has 8 unspecified atom stereocenters. The first kappa shape index (κ1) is 26.0. The van der Waals surface area contributed by atoms with E-state index in [1.54, 1.807) is 18.9 Å². The molecule has 2 nitrogen and oxygen atoms in total. The predicted molar refractivity (Wildman–Crippen MR) is 142 cm³/mol. The molecule has 0 amide bonds. The van der Waals surface area contributed by atoms with E-state index in [4.69, 9.17) is 4.52 Å². The number of rotatable bonds is 8. The van der Waals surface area contributed by atoms with Crippen molar-refractivity contribution in [1.82, 2.24) is 0 Å². The summed E-state index contributed by atoms with van der Waals surface area (Å²) in [4.78, 5) is 0. The molecule has 0 spiro atoms. The summed E-state index contributed by atoms with van der Waals surface area (Å²) in [6, 6.07) is 0. The maximum Gasteiger partial charge on any atom is 0.197 e. The standard InChI is InChI=1S/C30H53O2P/c1-8-22(21(2)3)10-9-11-23-13-15-27-26-14-12-24-20-25(32-33(6,7)31)16-18-30(24,5)28(26)17-19-29(23,27)4/h12,21-23,25-28H,8-11,13-20H2,1-7H3. The molecule has 4 aliphatic rings. The lowest BCUT2D eigenvalue weighted by Gasteiger charge is -2.58. The second-order valence-electron chi connectivity index (χ2n) is 13.6. The summed E-state index contributed by atoms with van der Waals surface area (Å²) >= 11 is 0. The van der Waals surface area contributed by atoms with E-state index in [9.17, 15) is 4.57 Å². The Labute approximate surface area is 205 Å². The highest BCUT2D eigenvalue weighted by Gasteiger charge is 2.58. The first-order chi connectivity index (χ1) is 15.5. The molecule has 3 saturated carbocycles. The molecular formula is C30H53O2P. The summed E-state index contributed by atoms with van der Waals surface area (Å²) in [6.07, 6.45) is 18.9. The van der Waals surface area contributed by atoms with Crippen LogP contribution in [0.2, 0.25) is 0 Å². The second kappa shape index (κ2) is 9.76. The van der Waals surface area contributed by atoms with Crippen molar-refractivity contribution < 1.29 is 9.09 Å². The quantitative estimate of drug-likeness (QED) is 0.258. The average molecular weight is 477 g/mol. The maximum atomic E-state index is 12.3. The summed E-state index contributed by atoms with van der Waals surface area (Å²) in [6.45, 7) is 16.0. The molecule has 33 heavy (non-hydrogen) atoms. The lowest BCUT2D eigenvalue weighted by atomic mass is 9.47.